The summed E-state index contributed by atoms with van der Waals surface area (Å²) >= 11 is 0. The van der Waals surface area contributed by atoms with E-state index in [2.05, 4.69) is 0 Å². The van der Waals surface area contributed by atoms with Crippen molar-refractivity contribution in [1.82, 2.24) is 4.90 Å². The monoisotopic (exact) mass is 161 g/mol. The molecule has 1 heterocycles. The number of aliphatic hydroxyl groups excluding tert-OH is 1. The summed E-state index contributed by atoms with van der Waals surface area (Å²) in [5.41, 5.74) is 0. The van der Waals surface area contributed by atoms with Gasteiger partial charge in [0.15, 0.2) is 0 Å². The molecule has 1 aliphatic heterocycles. The Morgan fingerprint density at radius 2 is 2.27 bits per heavy atom. The number of nitrogens with zero attached hydrogens (tertiary/aromatic N) is 1. The molecule has 1 N–H and O–H groups in total. The van der Waals surface area contributed by atoms with Crippen LogP contribution in [-0.2, 0) is 0 Å². The lowest BCUT2D eigenvalue weighted by molar-refractivity contribution is 0.0847. The highest BCUT2D eigenvalue weighted by molar-refractivity contribution is 4.75. The number of alkyl halides is 1. The minimum Gasteiger partial charge on any atom is -0.395 e. The molecule has 1 unspecified atom stereocenters. The SMILES string of the molecule is OCC1CCCCN1CCF. The minimum atomic E-state index is -0.295. The van der Waals surface area contributed by atoms with E-state index in [1.54, 1.807) is 0 Å². The summed E-state index contributed by atoms with van der Waals surface area (Å²) in [6.45, 7) is 1.33. The van der Waals surface area contributed by atoms with Gasteiger partial charge in [0, 0.05) is 12.6 Å². The van der Waals surface area contributed by atoms with Crippen LogP contribution in [0, 0.1) is 0 Å². The highest BCUT2D eigenvalue weighted by atomic mass is 19.1. The lowest BCUT2D eigenvalue weighted by Crippen LogP contribution is -2.42. The van der Waals surface area contributed by atoms with Crippen molar-refractivity contribution in [1.29, 1.82) is 0 Å². The zero-order valence-electron chi connectivity index (χ0n) is 6.80. The Balaban J connectivity index is 2.31. The van der Waals surface area contributed by atoms with E-state index in [0.717, 1.165) is 19.4 Å². The summed E-state index contributed by atoms with van der Waals surface area (Å²) in [6.07, 6.45) is 3.35. The maximum absolute atomic E-state index is 12.0. The molecule has 0 radical (unpaired) electrons. The van der Waals surface area contributed by atoms with Gasteiger partial charge in [-0.3, -0.25) is 4.90 Å². The molecule has 0 bridgehead atoms. The van der Waals surface area contributed by atoms with Crippen LogP contribution in [0.3, 0.4) is 0 Å². The van der Waals surface area contributed by atoms with Gasteiger partial charge in [0.05, 0.1) is 6.61 Å². The first-order valence-corrected chi connectivity index (χ1v) is 4.29. The third-order valence-corrected chi connectivity index (χ3v) is 2.33. The Morgan fingerprint density at radius 3 is 2.91 bits per heavy atom. The maximum Gasteiger partial charge on any atom is 0.102 e. The largest absolute Gasteiger partial charge is 0.395 e. The van der Waals surface area contributed by atoms with Gasteiger partial charge in [-0.05, 0) is 19.4 Å². The molecule has 1 rings (SSSR count). The zero-order valence-corrected chi connectivity index (χ0v) is 6.80. The Morgan fingerprint density at radius 1 is 1.45 bits per heavy atom. The van der Waals surface area contributed by atoms with Gasteiger partial charge in [0.25, 0.3) is 0 Å². The number of likely N-dealkylation sites (tertiary alicyclic amines) is 1. The molecule has 0 aliphatic carbocycles. The lowest BCUT2D eigenvalue weighted by atomic mass is 10.0. The molecular weight excluding hydrogens is 145 g/mol. The van der Waals surface area contributed by atoms with Gasteiger partial charge in [0.2, 0.25) is 0 Å². The molecule has 0 aromatic carbocycles. The van der Waals surface area contributed by atoms with Crippen molar-refractivity contribution in [2.24, 2.45) is 0 Å². The van der Waals surface area contributed by atoms with Crippen LogP contribution in [0.15, 0.2) is 0 Å². The van der Waals surface area contributed by atoms with Crippen molar-refractivity contribution < 1.29 is 9.50 Å². The van der Waals surface area contributed by atoms with Crippen molar-refractivity contribution in [2.75, 3.05) is 26.4 Å². The second-order valence-electron chi connectivity index (χ2n) is 3.06. The highest BCUT2D eigenvalue weighted by Gasteiger charge is 2.20. The summed E-state index contributed by atoms with van der Waals surface area (Å²) in [6, 6.07) is 0.222. The van der Waals surface area contributed by atoms with Crippen LogP contribution in [0.5, 0.6) is 0 Å². The summed E-state index contributed by atoms with van der Waals surface area (Å²) in [5.74, 6) is 0. The smallest absolute Gasteiger partial charge is 0.102 e. The molecule has 66 valence electrons. The molecule has 0 aromatic heterocycles. The van der Waals surface area contributed by atoms with Crippen LogP contribution < -0.4 is 0 Å². The molecule has 1 saturated heterocycles. The molecule has 2 nitrogen and oxygen atoms in total. The highest BCUT2D eigenvalue weighted by Crippen LogP contribution is 2.15. The number of piperidine rings is 1. The van der Waals surface area contributed by atoms with Crippen LogP contribution in [-0.4, -0.2) is 42.4 Å². The van der Waals surface area contributed by atoms with Crippen molar-refractivity contribution in [3.8, 4) is 0 Å². The van der Waals surface area contributed by atoms with Crippen molar-refractivity contribution in [2.45, 2.75) is 25.3 Å². The first-order valence-electron chi connectivity index (χ1n) is 4.29. The number of aliphatic hydroxyl groups is 1. The number of rotatable bonds is 3. The molecular formula is C8H16FNO. The summed E-state index contributed by atoms with van der Waals surface area (Å²) in [5, 5.41) is 8.92. The molecule has 1 aliphatic rings. The zero-order chi connectivity index (χ0) is 8.10. The lowest BCUT2D eigenvalue weighted by Gasteiger charge is -2.33. The fourth-order valence-electron chi connectivity index (χ4n) is 1.67. The molecule has 0 aromatic rings. The van der Waals surface area contributed by atoms with Gasteiger partial charge in [-0.2, -0.15) is 0 Å². The summed E-state index contributed by atoms with van der Waals surface area (Å²) in [4.78, 5) is 2.05. The first kappa shape index (κ1) is 8.94. The molecule has 3 heteroatoms. The van der Waals surface area contributed by atoms with Gasteiger partial charge in [-0.15, -0.1) is 0 Å². The summed E-state index contributed by atoms with van der Waals surface area (Å²) in [7, 11) is 0. The van der Waals surface area contributed by atoms with Crippen LogP contribution in [0.4, 0.5) is 4.39 Å². The van der Waals surface area contributed by atoms with E-state index >= 15 is 0 Å². The Labute approximate surface area is 67.0 Å². The van der Waals surface area contributed by atoms with Crippen molar-refractivity contribution in [3.63, 3.8) is 0 Å². The standard InChI is InChI=1S/C8H16FNO/c9-4-6-10-5-2-1-3-8(10)7-11/h8,11H,1-7H2. The molecule has 0 amide bonds. The fraction of sp³-hybridized carbons (Fsp3) is 1.00. The second-order valence-corrected chi connectivity index (χ2v) is 3.06. The molecule has 1 fully saturated rings. The van der Waals surface area contributed by atoms with Gasteiger partial charge in [-0.1, -0.05) is 6.42 Å². The molecule has 0 spiro atoms. The van der Waals surface area contributed by atoms with E-state index in [9.17, 15) is 4.39 Å². The van der Waals surface area contributed by atoms with Crippen LogP contribution in [0.2, 0.25) is 0 Å². The van der Waals surface area contributed by atoms with E-state index < -0.39 is 0 Å². The number of hydrogen-bond donors (Lipinski definition) is 1. The predicted molar refractivity (Wildman–Crippen MR) is 42.3 cm³/mol. The topological polar surface area (TPSA) is 23.5 Å². The third kappa shape index (κ3) is 2.42. The average molecular weight is 161 g/mol. The van der Waals surface area contributed by atoms with Crippen LogP contribution in [0.1, 0.15) is 19.3 Å². The summed E-state index contributed by atoms with van der Waals surface area (Å²) < 4.78 is 12.0. The molecule has 0 saturated carbocycles. The van der Waals surface area contributed by atoms with Gasteiger partial charge >= 0.3 is 0 Å². The Hall–Kier alpha value is -0.150. The van der Waals surface area contributed by atoms with E-state index in [0.29, 0.717) is 6.54 Å². The van der Waals surface area contributed by atoms with E-state index in [1.807, 2.05) is 4.90 Å². The fourth-order valence-corrected chi connectivity index (χ4v) is 1.67. The average Bonchev–Trinajstić information content (AvgIpc) is 2.06. The number of hydrogen-bond acceptors (Lipinski definition) is 2. The molecule has 1 atom stereocenters. The van der Waals surface area contributed by atoms with Crippen molar-refractivity contribution >= 4 is 0 Å². The normalized spacial score (nSPS) is 27.3. The van der Waals surface area contributed by atoms with Crippen LogP contribution in [0.25, 0.3) is 0 Å². The number of halogens is 1. The van der Waals surface area contributed by atoms with E-state index in [-0.39, 0.29) is 19.3 Å². The van der Waals surface area contributed by atoms with Crippen LogP contribution >= 0.6 is 0 Å². The Kier molecular flexibility index (Phi) is 3.80. The minimum absolute atomic E-state index is 0.181. The van der Waals surface area contributed by atoms with Crippen molar-refractivity contribution in [3.05, 3.63) is 0 Å². The van der Waals surface area contributed by atoms with Gasteiger partial charge < -0.3 is 5.11 Å². The third-order valence-electron chi connectivity index (χ3n) is 2.33. The second kappa shape index (κ2) is 4.67. The maximum atomic E-state index is 12.0. The Bertz CT molecular complexity index is 108. The van der Waals surface area contributed by atoms with Gasteiger partial charge in [-0.25, -0.2) is 4.39 Å². The van der Waals surface area contributed by atoms with Gasteiger partial charge in [0.1, 0.15) is 6.67 Å². The van der Waals surface area contributed by atoms with E-state index in [1.165, 1.54) is 6.42 Å². The quantitative estimate of drug-likeness (QED) is 0.662. The first-order chi connectivity index (χ1) is 5.38. The van der Waals surface area contributed by atoms with E-state index in [4.69, 9.17) is 5.11 Å². The molecule has 11 heavy (non-hydrogen) atoms. The predicted octanol–water partition coefficient (Wildman–Crippen LogP) is 0.803.